The molecule has 0 bridgehead atoms. The number of halogens is 4. The summed E-state index contributed by atoms with van der Waals surface area (Å²) in [4.78, 5) is 10.7. The minimum atomic E-state index is -4.20. The van der Waals surface area contributed by atoms with Crippen molar-refractivity contribution >= 4 is 39.7 Å². The lowest BCUT2D eigenvalue weighted by Gasteiger charge is -2.36. The Labute approximate surface area is 175 Å². The SMILES string of the molecule is N#Cc1cc(N2CCN(CC(F)(F)F)CC2)cc(Nc2cc(Cl)c3cc[nH]c3c2)n1. The van der Waals surface area contributed by atoms with E-state index in [2.05, 4.69) is 15.3 Å². The van der Waals surface area contributed by atoms with E-state index in [0.29, 0.717) is 42.7 Å². The number of fused-ring (bicyclic) bond motifs is 1. The molecule has 2 aromatic heterocycles. The molecular weight excluding hydrogens is 417 g/mol. The smallest absolute Gasteiger partial charge is 0.369 e. The minimum absolute atomic E-state index is 0.222. The van der Waals surface area contributed by atoms with E-state index >= 15 is 0 Å². The molecule has 3 heterocycles. The molecule has 30 heavy (non-hydrogen) atoms. The van der Waals surface area contributed by atoms with Crippen molar-refractivity contribution in [3.05, 3.63) is 47.2 Å². The highest BCUT2D eigenvalue weighted by atomic mass is 35.5. The van der Waals surface area contributed by atoms with E-state index in [4.69, 9.17) is 11.6 Å². The molecule has 0 saturated carbocycles. The van der Waals surface area contributed by atoms with Crippen molar-refractivity contribution < 1.29 is 13.2 Å². The van der Waals surface area contributed by atoms with Crippen molar-refractivity contribution in [1.29, 1.82) is 5.26 Å². The number of piperazine rings is 1. The number of hydrogen-bond donors (Lipinski definition) is 2. The summed E-state index contributed by atoms with van der Waals surface area (Å²) in [5, 5.41) is 14.0. The summed E-state index contributed by atoms with van der Waals surface area (Å²) in [6.07, 6.45) is -2.41. The van der Waals surface area contributed by atoms with Crippen LogP contribution in [-0.4, -0.2) is 53.8 Å². The van der Waals surface area contributed by atoms with Gasteiger partial charge in [-0.2, -0.15) is 18.4 Å². The van der Waals surface area contributed by atoms with Gasteiger partial charge < -0.3 is 15.2 Å². The van der Waals surface area contributed by atoms with Gasteiger partial charge in [-0.05, 0) is 24.3 Å². The van der Waals surface area contributed by atoms with Crippen LogP contribution in [0.5, 0.6) is 0 Å². The van der Waals surface area contributed by atoms with Crippen molar-refractivity contribution in [1.82, 2.24) is 14.9 Å². The molecule has 0 unspecified atom stereocenters. The van der Waals surface area contributed by atoms with Crippen molar-refractivity contribution in [2.45, 2.75) is 6.18 Å². The van der Waals surface area contributed by atoms with E-state index in [1.54, 1.807) is 24.4 Å². The Hall–Kier alpha value is -2.96. The average molecular weight is 435 g/mol. The Balaban J connectivity index is 1.53. The van der Waals surface area contributed by atoms with E-state index in [1.165, 1.54) is 4.90 Å². The van der Waals surface area contributed by atoms with Crippen LogP contribution in [-0.2, 0) is 0 Å². The first-order chi connectivity index (χ1) is 14.3. The molecule has 1 saturated heterocycles. The summed E-state index contributed by atoms with van der Waals surface area (Å²) in [6.45, 7) is 0.557. The third-order valence-corrected chi connectivity index (χ3v) is 5.27. The van der Waals surface area contributed by atoms with E-state index in [1.807, 2.05) is 23.1 Å². The number of pyridine rings is 1. The monoisotopic (exact) mass is 434 g/mol. The van der Waals surface area contributed by atoms with E-state index in [-0.39, 0.29) is 5.69 Å². The van der Waals surface area contributed by atoms with Crippen LogP contribution < -0.4 is 10.2 Å². The van der Waals surface area contributed by atoms with Crippen molar-refractivity contribution in [3.8, 4) is 6.07 Å². The van der Waals surface area contributed by atoms with Crippen LogP contribution in [0.4, 0.5) is 30.4 Å². The van der Waals surface area contributed by atoms with Gasteiger partial charge in [0.1, 0.15) is 17.6 Å². The standard InChI is InChI=1S/C20H18ClF3N6/c21-17-8-13(9-18-16(17)1-2-26-18)27-19-10-15(7-14(11-25)28-19)30-5-3-29(4-6-30)12-20(22,23)24/h1-2,7-10,26H,3-6,12H2,(H,27,28). The van der Waals surface area contributed by atoms with Crippen molar-refractivity contribution in [3.63, 3.8) is 0 Å². The zero-order valence-electron chi connectivity index (χ0n) is 15.8. The highest BCUT2D eigenvalue weighted by Crippen LogP contribution is 2.30. The largest absolute Gasteiger partial charge is 0.401 e. The third-order valence-electron chi connectivity index (χ3n) is 4.96. The fourth-order valence-corrected chi connectivity index (χ4v) is 3.86. The highest BCUT2D eigenvalue weighted by Gasteiger charge is 2.32. The van der Waals surface area contributed by atoms with Crippen LogP contribution in [0, 0.1) is 11.3 Å². The fraction of sp³-hybridized carbons (Fsp3) is 0.300. The van der Waals surface area contributed by atoms with Gasteiger partial charge in [-0.25, -0.2) is 4.98 Å². The van der Waals surface area contributed by atoms with Crippen LogP contribution in [0.25, 0.3) is 10.9 Å². The molecule has 0 radical (unpaired) electrons. The minimum Gasteiger partial charge on any atom is -0.369 e. The van der Waals surface area contributed by atoms with E-state index < -0.39 is 12.7 Å². The number of alkyl halides is 3. The average Bonchev–Trinajstić information content (AvgIpc) is 3.16. The molecule has 6 nitrogen and oxygen atoms in total. The van der Waals surface area contributed by atoms with Gasteiger partial charge in [-0.15, -0.1) is 0 Å². The molecule has 3 aromatic rings. The molecule has 4 rings (SSSR count). The van der Waals surface area contributed by atoms with Gasteiger partial charge in [0.15, 0.2) is 0 Å². The van der Waals surface area contributed by atoms with Gasteiger partial charge >= 0.3 is 6.18 Å². The lowest BCUT2D eigenvalue weighted by atomic mass is 10.2. The van der Waals surface area contributed by atoms with Gasteiger partial charge in [0.2, 0.25) is 0 Å². The van der Waals surface area contributed by atoms with E-state index in [0.717, 1.165) is 16.6 Å². The second kappa shape index (κ2) is 8.05. The number of aromatic nitrogens is 2. The maximum Gasteiger partial charge on any atom is 0.401 e. The Morgan fingerprint density at radius 2 is 1.93 bits per heavy atom. The first kappa shape index (κ1) is 20.3. The molecule has 0 atom stereocenters. The molecule has 1 aliphatic rings. The molecule has 0 amide bonds. The van der Waals surface area contributed by atoms with Gasteiger partial charge in [-0.3, -0.25) is 4.90 Å². The zero-order valence-corrected chi connectivity index (χ0v) is 16.6. The topological polar surface area (TPSA) is 71.0 Å². The molecule has 1 aromatic carbocycles. The van der Waals surface area contributed by atoms with Gasteiger partial charge in [-0.1, -0.05) is 11.6 Å². The number of nitrogens with one attached hydrogen (secondary N) is 2. The van der Waals surface area contributed by atoms with Gasteiger partial charge in [0, 0.05) is 60.7 Å². The van der Waals surface area contributed by atoms with Gasteiger partial charge in [0.25, 0.3) is 0 Å². The molecule has 2 N–H and O–H groups in total. The number of benzene rings is 1. The lowest BCUT2D eigenvalue weighted by molar-refractivity contribution is -0.146. The second-order valence-electron chi connectivity index (χ2n) is 7.11. The summed E-state index contributed by atoms with van der Waals surface area (Å²) in [5.41, 5.74) is 2.53. The fourth-order valence-electron chi connectivity index (χ4n) is 3.58. The Kier molecular flexibility index (Phi) is 5.45. The number of nitrogens with zero attached hydrogens (tertiary/aromatic N) is 4. The normalized spacial score (nSPS) is 15.4. The summed E-state index contributed by atoms with van der Waals surface area (Å²) in [5.74, 6) is 0.462. The van der Waals surface area contributed by atoms with Crippen molar-refractivity contribution in [2.75, 3.05) is 42.9 Å². The molecular formula is C20H18ClF3N6. The summed E-state index contributed by atoms with van der Waals surface area (Å²) >= 11 is 6.32. The summed E-state index contributed by atoms with van der Waals surface area (Å²) in [7, 11) is 0. The molecule has 0 aliphatic carbocycles. The zero-order chi connectivity index (χ0) is 21.3. The van der Waals surface area contributed by atoms with Crippen LogP contribution in [0.15, 0.2) is 36.5 Å². The third kappa shape index (κ3) is 4.61. The maximum absolute atomic E-state index is 12.6. The summed E-state index contributed by atoms with van der Waals surface area (Å²) in [6, 6.07) is 11.0. The number of aromatic amines is 1. The lowest BCUT2D eigenvalue weighted by Crippen LogP contribution is -2.49. The van der Waals surface area contributed by atoms with Crippen LogP contribution in [0.2, 0.25) is 5.02 Å². The molecule has 1 aliphatic heterocycles. The van der Waals surface area contributed by atoms with Crippen LogP contribution >= 0.6 is 11.6 Å². The number of rotatable bonds is 4. The number of nitriles is 1. The van der Waals surface area contributed by atoms with Crippen LogP contribution in [0.1, 0.15) is 5.69 Å². The molecule has 1 fully saturated rings. The molecule has 0 spiro atoms. The quantitative estimate of drug-likeness (QED) is 0.632. The molecule has 10 heteroatoms. The Morgan fingerprint density at radius 1 is 1.17 bits per heavy atom. The highest BCUT2D eigenvalue weighted by molar-refractivity contribution is 6.35. The first-order valence-corrected chi connectivity index (χ1v) is 9.68. The Bertz CT molecular complexity index is 1100. The maximum atomic E-state index is 12.6. The second-order valence-corrected chi connectivity index (χ2v) is 7.52. The predicted octanol–water partition coefficient (Wildman–Crippen LogP) is 4.52. The van der Waals surface area contributed by atoms with Gasteiger partial charge in [0.05, 0.1) is 11.6 Å². The number of anilines is 3. The number of H-pyrrole nitrogens is 1. The first-order valence-electron chi connectivity index (χ1n) is 9.31. The predicted molar refractivity (Wildman–Crippen MR) is 110 cm³/mol. The number of hydrogen-bond acceptors (Lipinski definition) is 5. The summed E-state index contributed by atoms with van der Waals surface area (Å²) < 4.78 is 37.8. The Morgan fingerprint density at radius 3 is 2.63 bits per heavy atom. The van der Waals surface area contributed by atoms with E-state index in [9.17, 15) is 18.4 Å². The van der Waals surface area contributed by atoms with Crippen molar-refractivity contribution in [2.24, 2.45) is 0 Å². The van der Waals surface area contributed by atoms with Crippen LogP contribution in [0.3, 0.4) is 0 Å². The molecule has 156 valence electrons.